The Morgan fingerprint density at radius 2 is 1.55 bits per heavy atom. The van der Waals surface area contributed by atoms with Crippen LogP contribution < -0.4 is 9.14 Å². The predicted molar refractivity (Wildman–Crippen MR) is 91.7 cm³/mol. The molecule has 2 rings (SSSR count). The van der Waals surface area contributed by atoms with Crippen molar-refractivity contribution in [2.75, 3.05) is 0 Å². The van der Waals surface area contributed by atoms with Gasteiger partial charge in [-0.15, -0.1) is 0 Å². The van der Waals surface area contributed by atoms with Gasteiger partial charge in [0, 0.05) is 0 Å². The van der Waals surface area contributed by atoms with Crippen LogP contribution in [-0.4, -0.2) is 14.4 Å². The summed E-state index contributed by atoms with van der Waals surface area (Å²) in [6, 6.07) is 15.2. The summed E-state index contributed by atoms with van der Waals surface area (Å²) in [5, 5.41) is 3.94. The zero-order valence-corrected chi connectivity index (χ0v) is 13.8. The van der Waals surface area contributed by atoms with Gasteiger partial charge < -0.3 is 4.72 Å². The van der Waals surface area contributed by atoms with Gasteiger partial charge in [0.15, 0.2) is 0 Å². The van der Waals surface area contributed by atoms with E-state index in [1.807, 2.05) is 0 Å². The minimum atomic E-state index is -1.27. The molecule has 0 radical (unpaired) electrons. The molecule has 2 heteroatoms. The molecule has 0 saturated carbocycles. The van der Waals surface area contributed by atoms with Gasteiger partial charge in [-0.1, -0.05) is 97.6 Å². The van der Waals surface area contributed by atoms with Gasteiger partial charge in [-0.2, -0.15) is 0 Å². The molecule has 0 bridgehead atoms. The van der Waals surface area contributed by atoms with Crippen molar-refractivity contribution in [1.82, 2.24) is 0 Å². The molecule has 0 atom stereocenters. The fraction of sp³-hybridized carbons (Fsp3) is 0.444. The number of nitrogens with two attached hydrogens (primary N) is 1. The molecule has 0 amide bonds. The van der Waals surface area contributed by atoms with Crippen molar-refractivity contribution in [3.05, 3.63) is 42.5 Å². The van der Waals surface area contributed by atoms with Crippen LogP contribution in [0.25, 0.3) is 10.8 Å². The smallest absolute Gasteiger partial charge is 0.408 e. The summed E-state index contributed by atoms with van der Waals surface area (Å²) < 4.78 is 7.98. The first-order valence-electron chi connectivity index (χ1n) is 8.06. The second-order valence-corrected chi connectivity index (χ2v) is 8.14. The molecule has 20 heavy (non-hydrogen) atoms. The molecule has 0 unspecified atom stereocenters. The molecular formula is C18H26AlN. The highest BCUT2D eigenvalue weighted by Crippen LogP contribution is 2.13. The van der Waals surface area contributed by atoms with Crippen molar-refractivity contribution in [1.29, 1.82) is 0 Å². The van der Waals surface area contributed by atoms with Gasteiger partial charge in [-0.3, -0.25) is 0 Å². The van der Waals surface area contributed by atoms with Crippen LogP contribution in [0.4, 0.5) is 0 Å². The van der Waals surface area contributed by atoms with Crippen LogP contribution in [0.3, 0.4) is 0 Å². The molecule has 0 aliphatic heterocycles. The third kappa shape index (κ3) is 4.35. The lowest BCUT2D eigenvalue weighted by Crippen LogP contribution is -2.39. The maximum Gasteiger partial charge on any atom is 0.408 e. The van der Waals surface area contributed by atoms with Gasteiger partial charge >= 0.3 is 14.4 Å². The lowest BCUT2D eigenvalue weighted by Gasteiger charge is -2.10. The highest BCUT2D eigenvalue weighted by molar-refractivity contribution is 6.72. The number of fused-ring (bicyclic) bond motifs is 1. The number of rotatable bonds is 8. The van der Waals surface area contributed by atoms with E-state index in [1.165, 1.54) is 59.0 Å². The molecule has 0 saturated heterocycles. The first-order chi connectivity index (χ1) is 9.83. The summed E-state index contributed by atoms with van der Waals surface area (Å²) in [6.07, 6.45) is 8.13. The molecular weight excluding hydrogens is 257 g/mol. The summed E-state index contributed by atoms with van der Waals surface area (Å²) in [6.45, 7) is 2.27. The number of hydrogen-bond acceptors (Lipinski definition) is 1. The molecule has 1 nitrogen and oxygen atoms in total. The molecule has 0 aliphatic carbocycles. The van der Waals surface area contributed by atoms with Gasteiger partial charge in [0.05, 0.1) is 0 Å². The van der Waals surface area contributed by atoms with Crippen LogP contribution in [0.5, 0.6) is 0 Å². The predicted octanol–water partition coefficient (Wildman–Crippen LogP) is 4.36. The summed E-state index contributed by atoms with van der Waals surface area (Å²) >= 11 is -1.27. The Balaban J connectivity index is 1.89. The Bertz CT molecular complexity index is 518. The van der Waals surface area contributed by atoms with Crippen molar-refractivity contribution >= 4 is 29.6 Å². The molecule has 2 aromatic carbocycles. The Hall–Kier alpha value is -0.808. The van der Waals surface area contributed by atoms with E-state index in [1.54, 1.807) is 0 Å². The van der Waals surface area contributed by atoms with E-state index in [-0.39, 0.29) is 0 Å². The topological polar surface area (TPSA) is 26.0 Å². The van der Waals surface area contributed by atoms with E-state index < -0.39 is 14.4 Å². The van der Waals surface area contributed by atoms with E-state index in [0.717, 1.165) is 0 Å². The van der Waals surface area contributed by atoms with Crippen molar-refractivity contribution in [2.24, 2.45) is 4.72 Å². The number of hydrogen-bond donors (Lipinski definition) is 1. The second kappa shape index (κ2) is 8.47. The minimum Gasteiger partial charge on any atom is -0.409 e. The maximum absolute atomic E-state index is 6.54. The van der Waals surface area contributed by atoms with Crippen molar-refractivity contribution in [3.63, 3.8) is 0 Å². The second-order valence-electron chi connectivity index (χ2n) is 5.73. The SMILES string of the molecule is CCCCCCC[CH2][Al]([NH2])[c]1cccc2ccccc12. The Labute approximate surface area is 127 Å². The molecule has 0 aromatic heterocycles. The molecule has 0 spiro atoms. The highest BCUT2D eigenvalue weighted by Gasteiger charge is 2.17. The van der Waals surface area contributed by atoms with Gasteiger partial charge in [0.1, 0.15) is 0 Å². The lowest BCUT2D eigenvalue weighted by atomic mass is 10.1. The molecule has 106 valence electrons. The molecule has 0 fully saturated rings. The third-order valence-corrected chi connectivity index (χ3v) is 6.42. The van der Waals surface area contributed by atoms with Crippen molar-refractivity contribution in [2.45, 2.75) is 50.7 Å². The van der Waals surface area contributed by atoms with E-state index >= 15 is 0 Å². The van der Waals surface area contributed by atoms with Crippen molar-refractivity contribution < 1.29 is 0 Å². The number of benzene rings is 2. The average Bonchev–Trinajstić information content (AvgIpc) is 2.50. The zero-order chi connectivity index (χ0) is 14.2. The van der Waals surface area contributed by atoms with Crippen LogP contribution in [0, 0.1) is 0 Å². The Morgan fingerprint density at radius 3 is 2.40 bits per heavy atom. The monoisotopic (exact) mass is 283 g/mol. The fourth-order valence-corrected chi connectivity index (χ4v) is 4.93. The van der Waals surface area contributed by atoms with Crippen LogP contribution in [-0.2, 0) is 0 Å². The quantitative estimate of drug-likeness (QED) is 0.565. The molecule has 0 aliphatic rings. The highest BCUT2D eigenvalue weighted by atomic mass is 27.2. The van der Waals surface area contributed by atoms with Crippen LogP contribution in [0.15, 0.2) is 42.5 Å². The summed E-state index contributed by atoms with van der Waals surface area (Å²) in [5.74, 6) is 0. The molecule has 2 N–H and O–H groups in total. The van der Waals surface area contributed by atoms with Gasteiger partial charge in [0.2, 0.25) is 0 Å². The van der Waals surface area contributed by atoms with E-state index in [2.05, 4.69) is 49.4 Å². The molecule has 0 heterocycles. The van der Waals surface area contributed by atoms with Crippen LogP contribution in [0.1, 0.15) is 45.4 Å². The fourth-order valence-electron chi connectivity index (χ4n) is 2.87. The third-order valence-electron chi connectivity index (χ3n) is 4.09. The summed E-state index contributed by atoms with van der Waals surface area (Å²) in [5.41, 5.74) is 0. The Morgan fingerprint density at radius 1 is 0.850 bits per heavy atom. The minimum absolute atomic E-state index is 1.24. The van der Waals surface area contributed by atoms with Crippen LogP contribution in [0.2, 0.25) is 5.28 Å². The summed E-state index contributed by atoms with van der Waals surface area (Å²) in [4.78, 5) is 0. The first-order valence-corrected chi connectivity index (χ1v) is 10.1. The standard InChI is InChI=1S/C10H7.C8H17.Al.H2N/c1-2-6-10-8-4-3-7-9(10)5-1;1-3-5-7-8-6-4-2;;/h1-7H;1,3-8H2,2H3;;1H2/q;;+1;-1. The normalized spacial score (nSPS) is 10.9. The molecule has 2 aromatic rings. The zero-order valence-electron chi connectivity index (χ0n) is 12.6. The lowest BCUT2D eigenvalue weighted by molar-refractivity contribution is 0.623. The maximum atomic E-state index is 6.54. The van der Waals surface area contributed by atoms with Crippen molar-refractivity contribution in [3.8, 4) is 0 Å². The summed E-state index contributed by atoms with van der Waals surface area (Å²) in [7, 11) is 0. The largest absolute Gasteiger partial charge is 0.409 e. The van der Waals surface area contributed by atoms with Crippen LogP contribution >= 0.6 is 0 Å². The van der Waals surface area contributed by atoms with Gasteiger partial charge in [-0.25, -0.2) is 0 Å². The van der Waals surface area contributed by atoms with Gasteiger partial charge in [0.25, 0.3) is 0 Å². The van der Waals surface area contributed by atoms with E-state index in [4.69, 9.17) is 4.72 Å². The van der Waals surface area contributed by atoms with E-state index in [0.29, 0.717) is 0 Å². The Kier molecular flexibility index (Phi) is 6.60. The first kappa shape index (κ1) is 15.6. The average molecular weight is 283 g/mol. The number of unbranched alkanes of at least 4 members (excludes halogenated alkanes) is 5. The van der Waals surface area contributed by atoms with Gasteiger partial charge in [-0.05, 0) is 10.8 Å². The van der Waals surface area contributed by atoms with E-state index in [9.17, 15) is 0 Å².